The first-order chi connectivity index (χ1) is 6.97. The summed E-state index contributed by atoms with van der Waals surface area (Å²) >= 11 is 2.66. The SMILES string of the molecule is COC(=O)c1cc(F)c(C(F)F)c(Br)n1. The van der Waals surface area contributed by atoms with Gasteiger partial charge < -0.3 is 4.74 Å². The van der Waals surface area contributed by atoms with Gasteiger partial charge in [-0.1, -0.05) is 0 Å². The van der Waals surface area contributed by atoms with Gasteiger partial charge in [0.05, 0.1) is 12.7 Å². The minimum Gasteiger partial charge on any atom is -0.464 e. The smallest absolute Gasteiger partial charge is 0.356 e. The lowest BCUT2D eigenvalue weighted by molar-refractivity contribution is 0.0592. The summed E-state index contributed by atoms with van der Waals surface area (Å²) in [6.45, 7) is 0. The molecule has 0 aliphatic rings. The maximum absolute atomic E-state index is 13.1. The van der Waals surface area contributed by atoms with Crippen molar-refractivity contribution in [3.05, 3.63) is 27.7 Å². The van der Waals surface area contributed by atoms with Crippen LogP contribution in [0.4, 0.5) is 13.2 Å². The normalized spacial score (nSPS) is 10.5. The Morgan fingerprint density at radius 3 is 2.60 bits per heavy atom. The van der Waals surface area contributed by atoms with Crippen LogP contribution in [0.1, 0.15) is 22.5 Å². The summed E-state index contributed by atoms with van der Waals surface area (Å²) in [6.07, 6.45) is -3.00. The summed E-state index contributed by atoms with van der Waals surface area (Å²) in [5, 5.41) is 0. The van der Waals surface area contributed by atoms with Crippen LogP contribution in [0, 0.1) is 5.82 Å². The standard InChI is InChI=1S/C8H5BrF3NO2/c1-15-8(14)4-2-3(10)5(7(11)12)6(9)13-4/h2,7H,1H3. The van der Waals surface area contributed by atoms with E-state index < -0.39 is 28.4 Å². The van der Waals surface area contributed by atoms with Crippen LogP contribution in [0.5, 0.6) is 0 Å². The van der Waals surface area contributed by atoms with Crippen LogP contribution in [0.2, 0.25) is 0 Å². The monoisotopic (exact) mass is 283 g/mol. The Morgan fingerprint density at radius 2 is 2.20 bits per heavy atom. The second-order valence-electron chi connectivity index (χ2n) is 2.49. The number of aromatic nitrogens is 1. The third-order valence-electron chi connectivity index (χ3n) is 1.57. The highest BCUT2D eigenvalue weighted by Gasteiger charge is 2.21. The highest BCUT2D eigenvalue weighted by atomic mass is 79.9. The Hall–Kier alpha value is -1.11. The number of ether oxygens (including phenoxy) is 1. The van der Waals surface area contributed by atoms with E-state index in [1.807, 2.05) is 0 Å². The van der Waals surface area contributed by atoms with E-state index in [4.69, 9.17) is 0 Å². The average molecular weight is 284 g/mol. The van der Waals surface area contributed by atoms with Crippen LogP contribution in [0.3, 0.4) is 0 Å². The maximum atomic E-state index is 13.1. The molecule has 0 fully saturated rings. The Morgan fingerprint density at radius 1 is 1.60 bits per heavy atom. The molecule has 3 nitrogen and oxygen atoms in total. The van der Waals surface area contributed by atoms with Gasteiger partial charge in [0.1, 0.15) is 10.4 Å². The first-order valence-electron chi connectivity index (χ1n) is 3.69. The van der Waals surface area contributed by atoms with Gasteiger partial charge in [0.15, 0.2) is 5.69 Å². The Bertz CT molecular complexity index is 374. The van der Waals surface area contributed by atoms with E-state index in [9.17, 15) is 18.0 Å². The van der Waals surface area contributed by atoms with Crippen LogP contribution < -0.4 is 0 Å². The molecule has 0 aliphatic heterocycles. The zero-order valence-corrected chi connectivity index (χ0v) is 9.02. The van der Waals surface area contributed by atoms with E-state index in [2.05, 4.69) is 25.7 Å². The lowest BCUT2D eigenvalue weighted by Crippen LogP contribution is -2.07. The average Bonchev–Trinajstić information content (AvgIpc) is 2.14. The van der Waals surface area contributed by atoms with E-state index >= 15 is 0 Å². The molecule has 1 heterocycles. The molecule has 1 aromatic rings. The summed E-state index contributed by atoms with van der Waals surface area (Å²) in [6, 6.07) is 0.609. The minimum atomic E-state index is -3.00. The van der Waals surface area contributed by atoms with E-state index in [1.165, 1.54) is 0 Å². The van der Waals surface area contributed by atoms with Crippen LogP contribution in [-0.2, 0) is 4.74 Å². The first kappa shape index (κ1) is 12.0. The predicted octanol–water partition coefficient (Wildman–Crippen LogP) is 2.71. The summed E-state index contributed by atoms with van der Waals surface area (Å²) in [5.41, 5.74) is -1.24. The number of carbonyl (C=O) groups is 1. The zero-order chi connectivity index (χ0) is 11.6. The van der Waals surface area contributed by atoms with Crippen LogP contribution in [0.15, 0.2) is 10.7 Å². The van der Waals surface area contributed by atoms with Gasteiger partial charge in [-0.25, -0.2) is 22.9 Å². The number of alkyl halides is 2. The van der Waals surface area contributed by atoms with Crippen molar-refractivity contribution in [1.29, 1.82) is 0 Å². The van der Waals surface area contributed by atoms with Crippen molar-refractivity contribution in [2.75, 3.05) is 7.11 Å². The fourth-order valence-corrected chi connectivity index (χ4v) is 1.45. The third-order valence-corrected chi connectivity index (χ3v) is 2.18. The van der Waals surface area contributed by atoms with Crippen LogP contribution in [-0.4, -0.2) is 18.1 Å². The number of pyridine rings is 1. The molecule has 1 rings (SSSR count). The van der Waals surface area contributed by atoms with Crippen molar-refractivity contribution < 1.29 is 22.7 Å². The van der Waals surface area contributed by atoms with Crippen LogP contribution in [0.25, 0.3) is 0 Å². The Kier molecular flexibility index (Phi) is 3.67. The number of carbonyl (C=O) groups excluding carboxylic acids is 1. The molecule has 0 aliphatic carbocycles. The van der Waals surface area contributed by atoms with Gasteiger partial charge in [0, 0.05) is 6.07 Å². The first-order valence-corrected chi connectivity index (χ1v) is 4.49. The molecule has 0 saturated heterocycles. The third kappa shape index (κ3) is 2.47. The van der Waals surface area contributed by atoms with Gasteiger partial charge in [-0.15, -0.1) is 0 Å². The molecule has 0 saturated carbocycles. The van der Waals surface area contributed by atoms with Gasteiger partial charge in [0.2, 0.25) is 0 Å². The molecule has 1 aromatic heterocycles. The molecule has 82 valence electrons. The van der Waals surface area contributed by atoms with E-state index in [1.54, 1.807) is 0 Å². The van der Waals surface area contributed by atoms with Crippen molar-refractivity contribution in [1.82, 2.24) is 4.98 Å². The maximum Gasteiger partial charge on any atom is 0.356 e. The lowest BCUT2D eigenvalue weighted by atomic mass is 10.2. The van der Waals surface area contributed by atoms with Gasteiger partial charge in [-0.3, -0.25) is 0 Å². The second kappa shape index (κ2) is 4.61. The highest BCUT2D eigenvalue weighted by Crippen LogP contribution is 2.28. The summed E-state index contributed by atoms with van der Waals surface area (Å²) < 4.78 is 41.5. The number of nitrogens with zero attached hydrogens (tertiary/aromatic N) is 1. The van der Waals surface area contributed by atoms with Gasteiger partial charge >= 0.3 is 5.97 Å². The van der Waals surface area contributed by atoms with Crippen molar-refractivity contribution in [3.8, 4) is 0 Å². The molecule has 0 atom stereocenters. The molecule has 0 amide bonds. The van der Waals surface area contributed by atoms with Gasteiger partial charge in [-0.05, 0) is 15.9 Å². The molecule has 0 radical (unpaired) electrons. The van der Waals surface area contributed by atoms with E-state index in [-0.39, 0.29) is 5.69 Å². The van der Waals surface area contributed by atoms with Crippen molar-refractivity contribution in [2.45, 2.75) is 6.43 Å². The number of methoxy groups -OCH3 is 1. The lowest BCUT2D eigenvalue weighted by Gasteiger charge is -2.06. The summed E-state index contributed by atoms with van der Waals surface area (Å²) in [7, 11) is 1.08. The zero-order valence-electron chi connectivity index (χ0n) is 7.43. The summed E-state index contributed by atoms with van der Waals surface area (Å²) in [4.78, 5) is 14.4. The quantitative estimate of drug-likeness (QED) is 0.619. The van der Waals surface area contributed by atoms with Crippen LogP contribution >= 0.6 is 15.9 Å². The van der Waals surface area contributed by atoms with Crippen molar-refractivity contribution in [3.63, 3.8) is 0 Å². The van der Waals surface area contributed by atoms with E-state index in [0.717, 1.165) is 7.11 Å². The Labute approximate surface area is 91.4 Å². The number of hydrogen-bond donors (Lipinski definition) is 0. The highest BCUT2D eigenvalue weighted by molar-refractivity contribution is 9.10. The molecular weight excluding hydrogens is 279 g/mol. The Balaban J connectivity index is 3.25. The van der Waals surface area contributed by atoms with Gasteiger partial charge in [-0.2, -0.15) is 0 Å². The largest absolute Gasteiger partial charge is 0.464 e. The number of halogens is 4. The molecule has 0 aromatic carbocycles. The van der Waals surface area contributed by atoms with E-state index in [0.29, 0.717) is 6.07 Å². The molecular formula is C8H5BrF3NO2. The van der Waals surface area contributed by atoms with Crippen molar-refractivity contribution >= 4 is 21.9 Å². The predicted molar refractivity (Wildman–Crippen MR) is 48.2 cm³/mol. The number of hydrogen-bond acceptors (Lipinski definition) is 3. The molecule has 0 unspecified atom stereocenters. The summed E-state index contributed by atoms with van der Waals surface area (Å²) in [5.74, 6) is -2.09. The molecule has 0 N–H and O–H groups in total. The van der Waals surface area contributed by atoms with Gasteiger partial charge in [0.25, 0.3) is 6.43 Å². The number of rotatable bonds is 2. The van der Waals surface area contributed by atoms with Crippen molar-refractivity contribution in [2.24, 2.45) is 0 Å². The molecule has 0 bridgehead atoms. The fourth-order valence-electron chi connectivity index (χ4n) is 0.898. The molecule has 15 heavy (non-hydrogen) atoms. The second-order valence-corrected chi connectivity index (χ2v) is 3.24. The minimum absolute atomic E-state index is 0.369. The molecule has 7 heteroatoms. The molecule has 0 spiro atoms. The number of esters is 1. The topological polar surface area (TPSA) is 39.2 Å². The fraction of sp³-hybridized carbons (Fsp3) is 0.250.